The normalized spacial score (nSPS) is 45.3. The molecule has 2 saturated heterocycles. The molecular weight excluding hydrogens is 464 g/mol. The van der Waals surface area contributed by atoms with E-state index in [-0.39, 0.29) is 30.9 Å². The van der Waals surface area contributed by atoms with Crippen molar-refractivity contribution in [3.05, 3.63) is 0 Å². The van der Waals surface area contributed by atoms with Gasteiger partial charge >= 0.3 is 15.6 Å². The van der Waals surface area contributed by atoms with Crippen LogP contribution in [-0.2, 0) is 32.0 Å². The maximum Gasteiger partial charge on any atom is 0.475 e. The second-order valence-electron chi connectivity index (χ2n) is 6.91. The van der Waals surface area contributed by atoms with E-state index in [2.05, 4.69) is 9.98 Å². The number of aliphatic hydroxyl groups excluding tert-OH is 1. The maximum absolute atomic E-state index is 12.6. The van der Waals surface area contributed by atoms with Crippen molar-refractivity contribution in [2.45, 2.75) is 49.7 Å². The van der Waals surface area contributed by atoms with Crippen molar-refractivity contribution in [1.29, 1.82) is 0 Å². The van der Waals surface area contributed by atoms with Crippen molar-refractivity contribution >= 4 is 27.6 Å². The Balaban J connectivity index is 0.00000341. The van der Waals surface area contributed by atoms with Gasteiger partial charge in [-0.25, -0.2) is 19.1 Å². The van der Waals surface area contributed by atoms with Crippen molar-refractivity contribution in [2.75, 3.05) is 6.61 Å². The topological polar surface area (TPSA) is 306 Å². The summed E-state index contributed by atoms with van der Waals surface area (Å²) < 4.78 is 50.3. The van der Waals surface area contributed by atoms with Gasteiger partial charge in [-0.1, -0.05) is 0 Å². The molecule has 31 heavy (non-hydrogen) atoms. The van der Waals surface area contributed by atoms with Gasteiger partial charge in [0.15, 0.2) is 24.4 Å². The number of guanidine groups is 2. The molecule has 0 radical (unpaired) electrons. The van der Waals surface area contributed by atoms with Gasteiger partial charge in [-0.15, -0.1) is 0 Å². The first-order valence-corrected chi connectivity index (χ1v) is 11.7. The van der Waals surface area contributed by atoms with Crippen molar-refractivity contribution in [2.24, 2.45) is 38.8 Å². The van der Waals surface area contributed by atoms with Crippen LogP contribution in [0.5, 0.6) is 0 Å². The summed E-state index contributed by atoms with van der Waals surface area (Å²) in [5, 5.41) is 10.4. The molecule has 180 valence electrons. The van der Waals surface area contributed by atoms with Crippen molar-refractivity contribution in [3.63, 3.8) is 0 Å². The number of hydrogen-bond donors (Lipinski definition) is 8. The molecule has 0 aromatic carbocycles. The maximum atomic E-state index is 12.6. The largest absolute Gasteiger partial charge is 0.475 e. The number of phosphoric ester groups is 2. The van der Waals surface area contributed by atoms with Gasteiger partial charge in [0.05, 0.1) is 12.6 Å². The summed E-state index contributed by atoms with van der Waals surface area (Å²) in [5.74, 6) is -1.52. The lowest BCUT2D eigenvalue weighted by atomic mass is 10.1. The molecule has 1 aliphatic carbocycles. The van der Waals surface area contributed by atoms with E-state index in [4.69, 9.17) is 45.8 Å². The zero-order valence-electron chi connectivity index (χ0n) is 16.5. The zero-order chi connectivity index (χ0) is 22.3. The fraction of sp³-hybridized carbons (Fsp3) is 0.833. The summed E-state index contributed by atoms with van der Waals surface area (Å²) in [6.45, 7) is -0.471. The highest BCUT2D eigenvalue weighted by molar-refractivity contribution is 7.47. The molecule has 1 saturated carbocycles. The first-order chi connectivity index (χ1) is 13.8. The van der Waals surface area contributed by atoms with E-state index < -0.39 is 65.0 Å². The summed E-state index contributed by atoms with van der Waals surface area (Å²) in [5.41, 5.74) is 21.2. The number of nitrogens with two attached hydrogens (primary N) is 4. The zero-order valence-corrected chi connectivity index (χ0v) is 18.2. The molecule has 19 heteroatoms. The SMILES string of the molecule is NC(N)=N[C@H]1C[C@@H]2OP(=O)(O)OC[C@@H]3C[C@H](N=C(N)N)[C@@H](O)[C@H]3OP(=O)(O)O[C@H]2O1.[NH4+]. The minimum absolute atomic E-state index is 0. The van der Waals surface area contributed by atoms with Crippen LogP contribution >= 0.6 is 15.6 Å². The average Bonchev–Trinajstić information content (AvgIpc) is 3.05. The number of rotatable bonds is 2. The predicted octanol–water partition coefficient (Wildman–Crippen LogP) is -2.25. The number of aliphatic imine (C=N–C) groups is 2. The van der Waals surface area contributed by atoms with Crippen LogP contribution < -0.4 is 29.1 Å². The molecule has 2 heterocycles. The van der Waals surface area contributed by atoms with Gasteiger partial charge in [0.1, 0.15) is 18.3 Å². The molecule has 9 atom stereocenters. The van der Waals surface area contributed by atoms with Gasteiger partial charge in [0.25, 0.3) is 0 Å². The lowest BCUT2D eigenvalue weighted by Gasteiger charge is -2.25. The molecule has 3 fully saturated rings. The Bertz CT molecular complexity index is 807. The standard InChI is InChI=1S/C12H24N6O10P2.H3N/c13-11(14)17-5-1-4-3-24-29(20,21)26-6-2-7(18-12(15)16)25-10(6)28-30(22,23)27-9(4)8(5)19;/h4-10,19H,1-3H2,(H,20,21)(H,22,23)(H4,13,14,17)(H4,15,16,18);1H3/p+1/t4-,5-,6-,7+,8+,9-,10+;/m0./s1. The summed E-state index contributed by atoms with van der Waals surface area (Å²) >= 11 is 0. The molecular formula is C12H28N7O10P2+. The lowest BCUT2D eigenvalue weighted by Crippen LogP contribution is -2.35. The highest BCUT2D eigenvalue weighted by Crippen LogP contribution is 2.55. The summed E-state index contributed by atoms with van der Waals surface area (Å²) in [6.07, 6.45) is -7.02. The first kappa shape index (κ1) is 25.9. The van der Waals surface area contributed by atoms with E-state index in [1.807, 2.05) is 0 Å². The fourth-order valence-corrected chi connectivity index (χ4v) is 5.53. The molecule has 0 aromatic rings. The van der Waals surface area contributed by atoms with Crippen LogP contribution in [0.25, 0.3) is 0 Å². The van der Waals surface area contributed by atoms with E-state index in [1.165, 1.54) is 0 Å². The van der Waals surface area contributed by atoms with E-state index in [0.29, 0.717) is 0 Å². The fourth-order valence-electron chi connectivity index (χ4n) is 3.46. The number of quaternary nitrogens is 1. The average molecular weight is 492 g/mol. The summed E-state index contributed by atoms with van der Waals surface area (Å²) in [6, 6.07) is -0.905. The van der Waals surface area contributed by atoms with Crippen LogP contribution in [-0.4, -0.2) is 70.3 Å². The number of fused-ring (bicyclic) bond motifs is 2. The molecule has 0 spiro atoms. The van der Waals surface area contributed by atoms with Gasteiger partial charge < -0.3 is 48.7 Å². The number of nitrogens with zero attached hydrogens (tertiary/aromatic N) is 2. The number of aliphatic hydroxyl groups is 1. The van der Waals surface area contributed by atoms with E-state index in [9.17, 15) is 24.0 Å². The molecule has 2 unspecified atom stereocenters. The minimum Gasteiger partial charge on any atom is -0.388 e. The Morgan fingerprint density at radius 3 is 2.19 bits per heavy atom. The summed E-state index contributed by atoms with van der Waals surface area (Å²) in [7, 11) is -9.56. The van der Waals surface area contributed by atoms with E-state index in [0.717, 1.165) is 0 Å². The van der Waals surface area contributed by atoms with Gasteiger partial charge in [0.2, 0.25) is 0 Å². The molecule has 17 nitrogen and oxygen atoms in total. The van der Waals surface area contributed by atoms with Crippen molar-refractivity contribution in [1.82, 2.24) is 6.15 Å². The number of ether oxygens (including phenoxy) is 1. The van der Waals surface area contributed by atoms with Crippen molar-refractivity contribution < 1.29 is 46.9 Å². The third-order valence-corrected chi connectivity index (χ3v) is 6.59. The lowest BCUT2D eigenvalue weighted by molar-refractivity contribution is -0.122. The molecule has 3 aliphatic rings. The second-order valence-corrected chi connectivity index (χ2v) is 9.67. The molecule has 15 N–H and O–H groups in total. The third kappa shape index (κ3) is 6.57. The molecule has 0 bridgehead atoms. The smallest absolute Gasteiger partial charge is 0.388 e. The van der Waals surface area contributed by atoms with Gasteiger partial charge in [0, 0.05) is 12.3 Å². The molecule has 3 rings (SSSR count). The molecule has 2 aliphatic heterocycles. The summed E-state index contributed by atoms with van der Waals surface area (Å²) in [4.78, 5) is 27.8. The minimum atomic E-state index is -4.88. The first-order valence-electron chi connectivity index (χ1n) is 8.71. The van der Waals surface area contributed by atoms with Crippen LogP contribution in [0.3, 0.4) is 0 Å². The Kier molecular flexibility index (Phi) is 8.05. The number of phosphoric acid groups is 2. The second kappa shape index (κ2) is 9.64. The highest BCUT2D eigenvalue weighted by atomic mass is 31.2. The highest BCUT2D eigenvalue weighted by Gasteiger charge is 2.51. The van der Waals surface area contributed by atoms with Crippen LogP contribution in [0.4, 0.5) is 0 Å². The Morgan fingerprint density at radius 1 is 0.935 bits per heavy atom. The Morgan fingerprint density at radius 2 is 1.58 bits per heavy atom. The molecule has 0 aromatic heterocycles. The van der Waals surface area contributed by atoms with Crippen LogP contribution in [0, 0.1) is 5.92 Å². The van der Waals surface area contributed by atoms with Gasteiger partial charge in [-0.05, 0) is 6.42 Å². The van der Waals surface area contributed by atoms with E-state index >= 15 is 0 Å². The van der Waals surface area contributed by atoms with Crippen LogP contribution in [0.1, 0.15) is 12.8 Å². The monoisotopic (exact) mass is 492 g/mol. The predicted molar refractivity (Wildman–Crippen MR) is 105 cm³/mol. The van der Waals surface area contributed by atoms with Gasteiger partial charge in [-0.3, -0.25) is 18.1 Å². The number of hydrogen-bond acceptors (Lipinski definition) is 10. The Labute approximate surface area is 176 Å². The van der Waals surface area contributed by atoms with Crippen LogP contribution in [0.15, 0.2) is 9.98 Å². The third-order valence-electron chi connectivity index (χ3n) is 4.59. The van der Waals surface area contributed by atoms with Crippen LogP contribution in [0.2, 0.25) is 0 Å². The quantitative estimate of drug-likeness (QED) is 0.115. The van der Waals surface area contributed by atoms with E-state index in [1.54, 1.807) is 0 Å². The molecule has 0 amide bonds. The van der Waals surface area contributed by atoms with Gasteiger partial charge in [-0.2, -0.15) is 0 Å². The Hall–Kier alpha value is -1.36. The van der Waals surface area contributed by atoms with Crippen molar-refractivity contribution in [3.8, 4) is 0 Å².